The second kappa shape index (κ2) is 5.79. The van der Waals surface area contributed by atoms with Crippen LogP contribution in [0.4, 0.5) is 0 Å². The van der Waals surface area contributed by atoms with Crippen LogP contribution in [0.5, 0.6) is 0 Å². The molecule has 0 atom stereocenters. The summed E-state index contributed by atoms with van der Waals surface area (Å²) in [7, 11) is 0. The molecule has 0 unspecified atom stereocenters. The summed E-state index contributed by atoms with van der Waals surface area (Å²) >= 11 is 5.81. The minimum atomic E-state index is 0. The second-order valence-corrected chi connectivity index (χ2v) is 3.73. The summed E-state index contributed by atoms with van der Waals surface area (Å²) in [6.07, 6.45) is 0.970. The lowest BCUT2D eigenvalue weighted by atomic mass is 10.1. The van der Waals surface area contributed by atoms with Gasteiger partial charge in [0.05, 0.1) is 0 Å². The van der Waals surface area contributed by atoms with Gasteiger partial charge in [-0.05, 0) is 29.7 Å². The summed E-state index contributed by atoms with van der Waals surface area (Å²) in [6, 6.07) is 18.4. The molecule has 0 radical (unpaired) electrons. The first-order valence-corrected chi connectivity index (χ1v) is 5.01. The molecule has 2 heteroatoms. The first-order chi connectivity index (χ1) is 6.84. The Bertz CT molecular complexity index is 393. The zero-order valence-electron chi connectivity index (χ0n) is 8.19. The predicted molar refractivity (Wildman–Crippen MR) is 67.9 cm³/mol. The zero-order chi connectivity index (χ0) is 9.80. The highest BCUT2D eigenvalue weighted by molar-refractivity contribution is 6.30. The molecule has 0 fully saturated rings. The van der Waals surface area contributed by atoms with Crippen molar-refractivity contribution in [1.82, 2.24) is 0 Å². The SMILES string of the molecule is Cl.Clc1ccc(Cc2ccccc2)cc1. The summed E-state index contributed by atoms with van der Waals surface area (Å²) in [5.41, 5.74) is 2.62. The maximum atomic E-state index is 5.81. The summed E-state index contributed by atoms with van der Waals surface area (Å²) < 4.78 is 0. The molecule has 0 amide bonds. The van der Waals surface area contributed by atoms with Gasteiger partial charge in [0.15, 0.2) is 0 Å². The van der Waals surface area contributed by atoms with E-state index in [0.717, 1.165) is 11.4 Å². The third-order valence-corrected chi connectivity index (χ3v) is 2.42. The summed E-state index contributed by atoms with van der Waals surface area (Å²) in [6.45, 7) is 0. The summed E-state index contributed by atoms with van der Waals surface area (Å²) in [5, 5.41) is 0.793. The van der Waals surface area contributed by atoms with Crippen LogP contribution in [0.15, 0.2) is 54.6 Å². The van der Waals surface area contributed by atoms with Crippen molar-refractivity contribution in [2.45, 2.75) is 6.42 Å². The minimum absolute atomic E-state index is 0. The third-order valence-electron chi connectivity index (χ3n) is 2.16. The van der Waals surface area contributed by atoms with Crippen LogP contribution in [0, 0.1) is 0 Å². The molecule has 2 aromatic rings. The van der Waals surface area contributed by atoms with Gasteiger partial charge in [0.2, 0.25) is 0 Å². The van der Waals surface area contributed by atoms with E-state index in [4.69, 9.17) is 11.6 Å². The maximum Gasteiger partial charge on any atom is 0.0406 e. The Kier molecular flexibility index (Phi) is 4.67. The van der Waals surface area contributed by atoms with Crippen molar-refractivity contribution in [2.75, 3.05) is 0 Å². The fraction of sp³-hybridized carbons (Fsp3) is 0.0769. The Morgan fingerprint density at radius 1 is 0.733 bits per heavy atom. The van der Waals surface area contributed by atoms with Gasteiger partial charge in [0, 0.05) is 5.02 Å². The molecular weight excluding hydrogens is 227 g/mol. The quantitative estimate of drug-likeness (QED) is 0.730. The lowest BCUT2D eigenvalue weighted by molar-refractivity contribution is 1.19. The summed E-state index contributed by atoms with van der Waals surface area (Å²) in [4.78, 5) is 0. The van der Waals surface area contributed by atoms with Gasteiger partial charge in [-0.1, -0.05) is 54.1 Å². The normalized spacial score (nSPS) is 9.40. The van der Waals surface area contributed by atoms with Crippen molar-refractivity contribution in [3.63, 3.8) is 0 Å². The highest BCUT2D eigenvalue weighted by Crippen LogP contribution is 2.13. The Morgan fingerprint density at radius 2 is 1.27 bits per heavy atom. The largest absolute Gasteiger partial charge is 0.147 e. The van der Waals surface area contributed by atoms with Gasteiger partial charge in [0.25, 0.3) is 0 Å². The molecule has 0 saturated carbocycles. The standard InChI is InChI=1S/C13H11Cl.ClH/c14-13-8-6-12(7-9-13)10-11-4-2-1-3-5-11;/h1-9H,10H2;1H. The van der Waals surface area contributed by atoms with Crippen molar-refractivity contribution in [2.24, 2.45) is 0 Å². The van der Waals surface area contributed by atoms with Gasteiger partial charge in [-0.3, -0.25) is 0 Å². The average molecular weight is 239 g/mol. The van der Waals surface area contributed by atoms with E-state index in [1.165, 1.54) is 11.1 Å². The molecule has 0 aliphatic carbocycles. The molecule has 0 aliphatic heterocycles. The van der Waals surface area contributed by atoms with Crippen LogP contribution in [0.1, 0.15) is 11.1 Å². The van der Waals surface area contributed by atoms with E-state index in [1.807, 2.05) is 18.2 Å². The number of rotatable bonds is 2. The predicted octanol–water partition coefficient (Wildman–Crippen LogP) is 4.35. The van der Waals surface area contributed by atoms with Crippen LogP contribution in [0.2, 0.25) is 5.02 Å². The van der Waals surface area contributed by atoms with E-state index in [-0.39, 0.29) is 12.4 Å². The Hall–Kier alpha value is -0.980. The monoisotopic (exact) mass is 238 g/mol. The Balaban J connectivity index is 0.00000112. The van der Waals surface area contributed by atoms with E-state index in [1.54, 1.807) is 0 Å². The minimum Gasteiger partial charge on any atom is -0.147 e. The molecule has 2 rings (SSSR count). The molecule has 0 spiro atoms. The van der Waals surface area contributed by atoms with Crippen LogP contribution >= 0.6 is 24.0 Å². The maximum absolute atomic E-state index is 5.81. The third kappa shape index (κ3) is 3.58. The van der Waals surface area contributed by atoms with E-state index in [2.05, 4.69) is 36.4 Å². The van der Waals surface area contributed by atoms with Crippen molar-refractivity contribution in [1.29, 1.82) is 0 Å². The van der Waals surface area contributed by atoms with Crippen molar-refractivity contribution in [3.8, 4) is 0 Å². The van der Waals surface area contributed by atoms with Gasteiger partial charge < -0.3 is 0 Å². The van der Waals surface area contributed by atoms with Crippen LogP contribution < -0.4 is 0 Å². The lowest BCUT2D eigenvalue weighted by Gasteiger charge is -2.01. The molecule has 0 nitrogen and oxygen atoms in total. The molecular formula is C13H12Cl2. The van der Waals surface area contributed by atoms with Crippen molar-refractivity contribution < 1.29 is 0 Å². The fourth-order valence-electron chi connectivity index (χ4n) is 1.43. The topological polar surface area (TPSA) is 0 Å². The average Bonchev–Trinajstić information content (AvgIpc) is 2.23. The van der Waals surface area contributed by atoms with Gasteiger partial charge in [-0.25, -0.2) is 0 Å². The first-order valence-electron chi connectivity index (χ1n) is 4.63. The summed E-state index contributed by atoms with van der Waals surface area (Å²) in [5.74, 6) is 0. The zero-order valence-corrected chi connectivity index (χ0v) is 9.76. The molecule has 0 aromatic heterocycles. The van der Waals surface area contributed by atoms with Crippen LogP contribution in [-0.2, 0) is 6.42 Å². The molecule has 0 saturated heterocycles. The van der Waals surface area contributed by atoms with E-state index in [9.17, 15) is 0 Å². The second-order valence-electron chi connectivity index (χ2n) is 3.29. The van der Waals surface area contributed by atoms with Crippen molar-refractivity contribution >= 4 is 24.0 Å². The fourth-order valence-corrected chi connectivity index (χ4v) is 1.56. The van der Waals surface area contributed by atoms with E-state index in [0.29, 0.717) is 0 Å². The Labute approximate surface area is 101 Å². The van der Waals surface area contributed by atoms with Crippen LogP contribution in [0.25, 0.3) is 0 Å². The van der Waals surface area contributed by atoms with Crippen LogP contribution in [0.3, 0.4) is 0 Å². The van der Waals surface area contributed by atoms with Crippen LogP contribution in [-0.4, -0.2) is 0 Å². The molecule has 0 N–H and O–H groups in total. The Morgan fingerprint density at radius 3 is 1.87 bits per heavy atom. The smallest absolute Gasteiger partial charge is 0.0406 e. The molecule has 2 aromatic carbocycles. The van der Waals surface area contributed by atoms with Gasteiger partial charge in [-0.15, -0.1) is 12.4 Å². The number of halogens is 2. The number of benzene rings is 2. The van der Waals surface area contributed by atoms with E-state index < -0.39 is 0 Å². The molecule has 0 bridgehead atoms. The number of hydrogen-bond acceptors (Lipinski definition) is 0. The molecule has 0 aliphatic rings. The highest BCUT2D eigenvalue weighted by atomic mass is 35.5. The van der Waals surface area contributed by atoms with Gasteiger partial charge in [0.1, 0.15) is 0 Å². The first kappa shape index (κ1) is 12.1. The lowest BCUT2D eigenvalue weighted by Crippen LogP contribution is -1.86. The van der Waals surface area contributed by atoms with Gasteiger partial charge >= 0.3 is 0 Å². The number of hydrogen-bond donors (Lipinski definition) is 0. The van der Waals surface area contributed by atoms with Crippen molar-refractivity contribution in [3.05, 3.63) is 70.7 Å². The highest BCUT2D eigenvalue weighted by Gasteiger charge is 1.94. The van der Waals surface area contributed by atoms with Gasteiger partial charge in [-0.2, -0.15) is 0 Å². The molecule has 0 heterocycles. The van der Waals surface area contributed by atoms with E-state index >= 15 is 0 Å². The molecule has 78 valence electrons. The molecule has 15 heavy (non-hydrogen) atoms.